The number of aliphatic carboxylic acids is 1. The minimum Gasteiger partial charge on any atom is -0.480 e. The molecule has 0 radical (unpaired) electrons. The Hall–Kier alpha value is -2.44. The van der Waals surface area contributed by atoms with E-state index >= 15 is 0 Å². The molecular formula is C17H23FN2O4. The molecule has 0 spiro atoms. The minimum absolute atomic E-state index is 0.0519. The van der Waals surface area contributed by atoms with Gasteiger partial charge in [-0.15, -0.1) is 0 Å². The van der Waals surface area contributed by atoms with Gasteiger partial charge in [0, 0.05) is 12.0 Å². The first kappa shape index (κ1) is 19.6. The Morgan fingerprint density at radius 2 is 1.71 bits per heavy atom. The van der Waals surface area contributed by atoms with Crippen molar-refractivity contribution >= 4 is 17.8 Å². The molecule has 2 amide bonds. The Morgan fingerprint density at radius 1 is 1.12 bits per heavy atom. The van der Waals surface area contributed by atoms with Crippen LogP contribution in [-0.2, 0) is 20.8 Å². The van der Waals surface area contributed by atoms with E-state index in [-0.39, 0.29) is 18.7 Å². The number of carboxylic acid groups (broad SMARTS) is 1. The standard InChI is InChI=1S/C17H23FN2O4/c1-17(2,3)20-15(22)10-13(16(23)24)19-14(21)9-6-11-4-7-12(18)8-5-11/h4-5,7-8,13H,6,9-10H2,1-3H3,(H,19,21)(H,20,22)(H,23,24)/t13-/m0/s1. The fourth-order valence-electron chi connectivity index (χ4n) is 2.03. The van der Waals surface area contributed by atoms with E-state index in [2.05, 4.69) is 10.6 Å². The third-order valence-electron chi connectivity index (χ3n) is 3.09. The summed E-state index contributed by atoms with van der Waals surface area (Å²) in [5.74, 6) is -2.56. The van der Waals surface area contributed by atoms with Crippen LogP contribution in [0.3, 0.4) is 0 Å². The minimum atomic E-state index is -1.28. The third-order valence-corrected chi connectivity index (χ3v) is 3.09. The molecule has 1 atom stereocenters. The zero-order valence-electron chi connectivity index (χ0n) is 14.1. The number of hydrogen-bond acceptors (Lipinski definition) is 3. The van der Waals surface area contributed by atoms with Gasteiger partial charge in [-0.1, -0.05) is 12.1 Å². The molecule has 0 heterocycles. The molecule has 0 aliphatic heterocycles. The van der Waals surface area contributed by atoms with E-state index in [4.69, 9.17) is 5.11 Å². The first-order valence-electron chi connectivity index (χ1n) is 7.64. The van der Waals surface area contributed by atoms with Gasteiger partial charge in [0.2, 0.25) is 11.8 Å². The lowest BCUT2D eigenvalue weighted by Crippen LogP contribution is -2.47. The van der Waals surface area contributed by atoms with Crippen molar-refractivity contribution in [1.29, 1.82) is 0 Å². The van der Waals surface area contributed by atoms with E-state index in [1.165, 1.54) is 12.1 Å². The van der Waals surface area contributed by atoms with Crippen LogP contribution in [-0.4, -0.2) is 34.5 Å². The molecule has 0 unspecified atom stereocenters. The lowest BCUT2D eigenvalue weighted by Gasteiger charge is -2.22. The second-order valence-electron chi connectivity index (χ2n) is 6.59. The number of halogens is 1. The first-order valence-corrected chi connectivity index (χ1v) is 7.64. The van der Waals surface area contributed by atoms with Crippen molar-refractivity contribution in [3.05, 3.63) is 35.6 Å². The average molecular weight is 338 g/mol. The number of carbonyl (C=O) groups excluding carboxylic acids is 2. The van der Waals surface area contributed by atoms with Crippen LogP contribution in [0.5, 0.6) is 0 Å². The Morgan fingerprint density at radius 3 is 2.21 bits per heavy atom. The van der Waals surface area contributed by atoms with Crippen molar-refractivity contribution in [2.45, 2.75) is 51.6 Å². The van der Waals surface area contributed by atoms with Crippen molar-refractivity contribution in [3.63, 3.8) is 0 Å². The molecule has 0 bridgehead atoms. The van der Waals surface area contributed by atoms with Crippen LogP contribution in [0.4, 0.5) is 4.39 Å². The molecule has 7 heteroatoms. The van der Waals surface area contributed by atoms with Gasteiger partial charge in [-0.25, -0.2) is 9.18 Å². The smallest absolute Gasteiger partial charge is 0.326 e. The number of amides is 2. The summed E-state index contributed by atoms with van der Waals surface area (Å²) in [7, 11) is 0. The van der Waals surface area contributed by atoms with Gasteiger partial charge in [-0.05, 0) is 44.9 Å². The van der Waals surface area contributed by atoms with Crippen LogP contribution in [0.25, 0.3) is 0 Å². The second-order valence-corrected chi connectivity index (χ2v) is 6.59. The summed E-state index contributed by atoms with van der Waals surface area (Å²) in [5, 5.41) is 14.1. The number of carboxylic acids is 1. The van der Waals surface area contributed by atoms with Crippen molar-refractivity contribution in [2.75, 3.05) is 0 Å². The lowest BCUT2D eigenvalue weighted by atomic mass is 10.1. The van der Waals surface area contributed by atoms with Crippen molar-refractivity contribution in [1.82, 2.24) is 10.6 Å². The fourth-order valence-corrected chi connectivity index (χ4v) is 2.03. The summed E-state index contributed by atoms with van der Waals surface area (Å²) >= 11 is 0. The average Bonchev–Trinajstić information content (AvgIpc) is 2.44. The largest absolute Gasteiger partial charge is 0.480 e. The van der Waals surface area contributed by atoms with Gasteiger partial charge >= 0.3 is 5.97 Å². The Balaban J connectivity index is 2.52. The second kappa shape index (κ2) is 8.42. The maximum atomic E-state index is 12.8. The summed E-state index contributed by atoms with van der Waals surface area (Å²) in [4.78, 5) is 34.9. The predicted molar refractivity (Wildman–Crippen MR) is 86.8 cm³/mol. The Labute approximate surface area is 140 Å². The molecule has 0 aromatic heterocycles. The molecule has 1 rings (SSSR count). The highest BCUT2D eigenvalue weighted by molar-refractivity contribution is 5.88. The highest BCUT2D eigenvalue weighted by Gasteiger charge is 2.25. The van der Waals surface area contributed by atoms with Gasteiger partial charge in [0.1, 0.15) is 11.9 Å². The van der Waals surface area contributed by atoms with Gasteiger partial charge in [-0.2, -0.15) is 0 Å². The number of nitrogens with one attached hydrogen (secondary N) is 2. The van der Waals surface area contributed by atoms with Crippen LogP contribution in [0.15, 0.2) is 24.3 Å². The van der Waals surface area contributed by atoms with E-state index < -0.39 is 29.4 Å². The van der Waals surface area contributed by atoms with Crippen molar-refractivity contribution in [2.24, 2.45) is 0 Å². The normalized spacial score (nSPS) is 12.3. The maximum Gasteiger partial charge on any atom is 0.326 e. The number of rotatable bonds is 7. The third kappa shape index (κ3) is 7.71. The predicted octanol–water partition coefficient (Wildman–Crippen LogP) is 1.63. The van der Waals surface area contributed by atoms with Gasteiger partial charge in [-0.3, -0.25) is 9.59 Å². The molecule has 0 fully saturated rings. The fraction of sp³-hybridized carbons (Fsp3) is 0.471. The van der Waals surface area contributed by atoms with E-state index in [9.17, 15) is 18.8 Å². The molecule has 1 aromatic carbocycles. The molecule has 0 saturated heterocycles. The van der Waals surface area contributed by atoms with Crippen molar-refractivity contribution in [3.8, 4) is 0 Å². The number of carbonyl (C=O) groups is 3. The van der Waals surface area contributed by atoms with E-state index in [1.807, 2.05) is 0 Å². The quantitative estimate of drug-likeness (QED) is 0.704. The van der Waals surface area contributed by atoms with Crippen LogP contribution >= 0.6 is 0 Å². The van der Waals surface area contributed by atoms with Gasteiger partial charge in [0.05, 0.1) is 6.42 Å². The summed E-state index contributed by atoms with van der Waals surface area (Å²) < 4.78 is 12.8. The topological polar surface area (TPSA) is 95.5 Å². The molecular weight excluding hydrogens is 315 g/mol. The van der Waals surface area contributed by atoms with Crippen molar-refractivity contribution < 1.29 is 23.9 Å². The van der Waals surface area contributed by atoms with Crippen LogP contribution in [0.2, 0.25) is 0 Å². The van der Waals surface area contributed by atoms with Crippen LogP contribution in [0.1, 0.15) is 39.2 Å². The summed E-state index contributed by atoms with van der Waals surface area (Å²) in [6.45, 7) is 5.34. The molecule has 6 nitrogen and oxygen atoms in total. The molecule has 24 heavy (non-hydrogen) atoms. The van der Waals surface area contributed by atoms with Crippen LogP contribution < -0.4 is 10.6 Å². The van der Waals surface area contributed by atoms with E-state index in [0.717, 1.165) is 5.56 Å². The van der Waals surface area contributed by atoms with Gasteiger partial charge < -0.3 is 15.7 Å². The van der Waals surface area contributed by atoms with Gasteiger partial charge in [0.25, 0.3) is 0 Å². The summed E-state index contributed by atoms with van der Waals surface area (Å²) in [5.41, 5.74) is 0.288. The summed E-state index contributed by atoms with van der Waals surface area (Å²) in [6, 6.07) is 4.43. The number of aryl methyl sites for hydroxylation is 1. The molecule has 0 aliphatic rings. The molecule has 0 aliphatic carbocycles. The highest BCUT2D eigenvalue weighted by Crippen LogP contribution is 2.06. The molecule has 3 N–H and O–H groups in total. The SMILES string of the molecule is CC(C)(C)NC(=O)C[C@H](NC(=O)CCc1ccc(F)cc1)C(=O)O. The Kier molecular flexibility index (Phi) is 6.88. The lowest BCUT2D eigenvalue weighted by molar-refractivity contribution is -0.143. The van der Waals surface area contributed by atoms with Gasteiger partial charge in [0.15, 0.2) is 0 Å². The van der Waals surface area contributed by atoms with E-state index in [0.29, 0.717) is 6.42 Å². The van der Waals surface area contributed by atoms with E-state index in [1.54, 1.807) is 32.9 Å². The molecule has 1 aromatic rings. The molecule has 0 saturated carbocycles. The molecule has 132 valence electrons. The zero-order valence-corrected chi connectivity index (χ0v) is 14.1. The first-order chi connectivity index (χ1) is 11.1. The maximum absolute atomic E-state index is 12.8. The summed E-state index contributed by atoms with van der Waals surface area (Å²) in [6.07, 6.45) is 0.0673. The zero-order chi connectivity index (χ0) is 18.3. The monoisotopic (exact) mass is 338 g/mol. The number of hydrogen-bond donors (Lipinski definition) is 3. The highest BCUT2D eigenvalue weighted by atomic mass is 19.1. The number of benzene rings is 1. The Bertz CT molecular complexity index is 594. The van der Waals surface area contributed by atoms with Crippen LogP contribution in [0, 0.1) is 5.82 Å².